The van der Waals surface area contributed by atoms with Crippen LogP contribution in [0.5, 0.6) is 11.5 Å². The number of carbonyl (C=O) groups is 3. The van der Waals surface area contributed by atoms with Crippen molar-refractivity contribution in [1.82, 2.24) is 4.90 Å². The maximum Gasteiger partial charge on any atom is 0.341 e. The number of hydrogen-bond donors (Lipinski definition) is 1. The van der Waals surface area contributed by atoms with Gasteiger partial charge in [0.1, 0.15) is 0 Å². The molecule has 1 N–H and O–H groups in total. The minimum Gasteiger partial charge on any atom is -0.493 e. The molecule has 1 aliphatic heterocycles. The monoisotopic (exact) mass is 433 g/mol. The Bertz CT molecular complexity index is 989. The lowest BCUT2D eigenvalue weighted by Crippen LogP contribution is -2.27. The normalized spacial score (nSPS) is 15.1. The molecule has 0 saturated carbocycles. The number of aliphatic carboxylic acids is 1. The Morgan fingerprint density at radius 3 is 2.55 bits per heavy atom. The summed E-state index contributed by atoms with van der Waals surface area (Å²) in [5.74, 6) is -0.908. The Kier molecular flexibility index (Phi) is 6.46. The molecule has 9 heteroatoms. The molecule has 0 aliphatic carbocycles. The van der Waals surface area contributed by atoms with Crippen molar-refractivity contribution >= 4 is 46.6 Å². The van der Waals surface area contributed by atoms with Crippen molar-refractivity contribution in [3.63, 3.8) is 0 Å². The van der Waals surface area contributed by atoms with Gasteiger partial charge in [0.25, 0.3) is 11.1 Å². The number of thioether (sulfide) groups is 1. The van der Waals surface area contributed by atoms with E-state index in [1.165, 1.54) is 12.0 Å². The van der Waals surface area contributed by atoms with Gasteiger partial charge in [-0.3, -0.25) is 14.5 Å². The van der Waals surface area contributed by atoms with Crippen molar-refractivity contribution in [2.75, 3.05) is 13.7 Å². The van der Waals surface area contributed by atoms with Crippen LogP contribution in [0.4, 0.5) is 4.79 Å². The van der Waals surface area contributed by atoms with Crippen LogP contribution >= 0.6 is 23.4 Å². The summed E-state index contributed by atoms with van der Waals surface area (Å²) in [5.41, 5.74) is 1.40. The van der Waals surface area contributed by atoms with E-state index in [1.54, 1.807) is 48.5 Å². The summed E-state index contributed by atoms with van der Waals surface area (Å²) in [4.78, 5) is 37.0. The third kappa shape index (κ3) is 5.10. The summed E-state index contributed by atoms with van der Waals surface area (Å²) in [6, 6.07) is 11.7. The number of halogens is 1. The zero-order valence-electron chi connectivity index (χ0n) is 15.3. The van der Waals surface area contributed by atoms with Crippen LogP contribution in [0.2, 0.25) is 5.02 Å². The number of imide groups is 1. The number of benzene rings is 2. The van der Waals surface area contributed by atoms with Gasteiger partial charge >= 0.3 is 5.97 Å². The second-order valence-corrected chi connectivity index (χ2v) is 7.42. The first-order valence-electron chi connectivity index (χ1n) is 8.40. The number of carboxylic acid groups (broad SMARTS) is 1. The van der Waals surface area contributed by atoms with E-state index in [2.05, 4.69) is 0 Å². The molecule has 2 amide bonds. The number of nitrogens with zero attached hydrogens (tertiary/aromatic N) is 1. The minimum atomic E-state index is -1.11. The van der Waals surface area contributed by atoms with Gasteiger partial charge in [-0.05, 0) is 53.2 Å². The molecular weight excluding hydrogens is 418 g/mol. The predicted octanol–water partition coefficient (Wildman–Crippen LogP) is 4.05. The molecule has 29 heavy (non-hydrogen) atoms. The molecule has 7 nitrogen and oxygen atoms in total. The lowest BCUT2D eigenvalue weighted by atomic mass is 10.1. The van der Waals surface area contributed by atoms with Gasteiger partial charge in [-0.1, -0.05) is 29.8 Å². The fourth-order valence-corrected chi connectivity index (χ4v) is 3.56. The van der Waals surface area contributed by atoms with Gasteiger partial charge in [-0.2, -0.15) is 0 Å². The van der Waals surface area contributed by atoms with Crippen molar-refractivity contribution < 1.29 is 29.0 Å². The van der Waals surface area contributed by atoms with Crippen LogP contribution in [0.25, 0.3) is 6.08 Å². The quantitative estimate of drug-likeness (QED) is 0.658. The van der Waals surface area contributed by atoms with E-state index in [-0.39, 0.29) is 28.3 Å². The van der Waals surface area contributed by atoms with E-state index in [0.29, 0.717) is 16.3 Å². The standard InChI is InChI=1S/C20H16ClNO6S/c1-27-16-8-13(4-7-15(16)28-11-18(23)24)9-17-19(25)22(20(26)29-17)10-12-2-5-14(21)6-3-12/h2-9H,10-11H2,1H3,(H,23,24). The molecule has 1 saturated heterocycles. The number of ether oxygens (including phenoxy) is 2. The van der Waals surface area contributed by atoms with Crippen LogP contribution in [0.3, 0.4) is 0 Å². The molecule has 0 aromatic heterocycles. The third-order valence-corrected chi connectivity index (χ3v) is 5.12. The lowest BCUT2D eigenvalue weighted by molar-refractivity contribution is -0.139. The van der Waals surface area contributed by atoms with Crippen LogP contribution in [-0.4, -0.2) is 40.8 Å². The molecule has 0 spiro atoms. The molecule has 1 fully saturated rings. The molecule has 150 valence electrons. The topological polar surface area (TPSA) is 93.1 Å². The summed E-state index contributed by atoms with van der Waals surface area (Å²) in [6.07, 6.45) is 1.58. The Hall–Kier alpha value is -2.97. The predicted molar refractivity (Wildman–Crippen MR) is 109 cm³/mol. The van der Waals surface area contributed by atoms with Gasteiger partial charge < -0.3 is 14.6 Å². The van der Waals surface area contributed by atoms with Crippen LogP contribution in [0.1, 0.15) is 11.1 Å². The zero-order valence-corrected chi connectivity index (χ0v) is 16.8. The Morgan fingerprint density at radius 2 is 1.90 bits per heavy atom. The van der Waals surface area contributed by atoms with E-state index >= 15 is 0 Å². The minimum absolute atomic E-state index is 0.157. The first kappa shape index (κ1) is 20.8. The average molecular weight is 434 g/mol. The smallest absolute Gasteiger partial charge is 0.341 e. The highest BCUT2D eigenvalue weighted by molar-refractivity contribution is 8.18. The van der Waals surface area contributed by atoms with E-state index in [4.69, 9.17) is 26.2 Å². The highest BCUT2D eigenvalue weighted by Crippen LogP contribution is 2.35. The second kappa shape index (κ2) is 9.02. The zero-order chi connectivity index (χ0) is 21.0. The maximum atomic E-state index is 12.7. The van der Waals surface area contributed by atoms with Gasteiger partial charge in [0.2, 0.25) is 0 Å². The largest absolute Gasteiger partial charge is 0.493 e. The first-order chi connectivity index (χ1) is 13.9. The van der Waals surface area contributed by atoms with Crippen molar-refractivity contribution in [1.29, 1.82) is 0 Å². The fraction of sp³-hybridized carbons (Fsp3) is 0.150. The third-order valence-electron chi connectivity index (χ3n) is 3.96. The van der Waals surface area contributed by atoms with Crippen LogP contribution < -0.4 is 9.47 Å². The molecule has 0 radical (unpaired) electrons. The summed E-state index contributed by atoms with van der Waals surface area (Å²) in [7, 11) is 1.42. The first-order valence-corrected chi connectivity index (χ1v) is 9.59. The van der Waals surface area contributed by atoms with Gasteiger partial charge in [-0.15, -0.1) is 0 Å². The number of rotatable bonds is 7. The number of amides is 2. The summed E-state index contributed by atoms with van der Waals surface area (Å²) in [5, 5.41) is 8.94. The maximum absolute atomic E-state index is 12.7. The van der Waals surface area contributed by atoms with Gasteiger partial charge in [-0.25, -0.2) is 4.79 Å². The van der Waals surface area contributed by atoms with E-state index in [1.807, 2.05) is 0 Å². The van der Waals surface area contributed by atoms with Crippen LogP contribution in [-0.2, 0) is 16.1 Å². The fourth-order valence-electron chi connectivity index (χ4n) is 2.59. The van der Waals surface area contributed by atoms with Gasteiger partial charge in [0.05, 0.1) is 18.6 Å². The molecular formula is C20H16ClNO6S. The van der Waals surface area contributed by atoms with Crippen molar-refractivity contribution in [3.05, 3.63) is 63.5 Å². The number of methoxy groups -OCH3 is 1. The Morgan fingerprint density at radius 1 is 1.17 bits per heavy atom. The van der Waals surface area contributed by atoms with Crippen LogP contribution in [0.15, 0.2) is 47.4 Å². The highest BCUT2D eigenvalue weighted by atomic mass is 35.5. The molecule has 0 unspecified atom stereocenters. The van der Waals surface area contributed by atoms with Crippen LogP contribution in [0, 0.1) is 0 Å². The number of hydrogen-bond acceptors (Lipinski definition) is 6. The van der Waals surface area contributed by atoms with Crippen molar-refractivity contribution in [3.8, 4) is 11.5 Å². The molecule has 1 heterocycles. The summed E-state index contributed by atoms with van der Waals surface area (Å²) < 4.78 is 10.4. The molecule has 2 aromatic carbocycles. The average Bonchev–Trinajstić information content (AvgIpc) is 2.95. The summed E-state index contributed by atoms with van der Waals surface area (Å²) >= 11 is 6.71. The Balaban J connectivity index is 1.78. The lowest BCUT2D eigenvalue weighted by Gasteiger charge is -2.12. The van der Waals surface area contributed by atoms with E-state index < -0.39 is 12.6 Å². The SMILES string of the molecule is COc1cc(C=C2SC(=O)N(Cc3ccc(Cl)cc3)C2=O)ccc1OCC(=O)O. The van der Waals surface area contributed by atoms with Gasteiger partial charge in [0.15, 0.2) is 18.1 Å². The molecule has 0 bridgehead atoms. The number of carboxylic acids is 1. The molecule has 1 aliphatic rings. The Labute approximate surface area is 175 Å². The molecule has 0 atom stereocenters. The molecule has 3 rings (SSSR count). The molecule has 2 aromatic rings. The van der Waals surface area contributed by atoms with Gasteiger partial charge in [0, 0.05) is 5.02 Å². The second-order valence-electron chi connectivity index (χ2n) is 5.99. The summed E-state index contributed by atoms with van der Waals surface area (Å²) in [6.45, 7) is -0.343. The number of carbonyl (C=O) groups excluding carboxylic acids is 2. The highest BCUT2D eigenvalue weighted by Gasteiger charge is 2.35. The van der Waals surface area contributed by atoms with E-state index in [9.17, 15) is 14.4 Å². The van der Waals surface area contributed by atoms with Crippen molar-refractivity contribution in [2.45, 2.75) is 6.54 Å². The van der Waals surface area contributed by atoms with Crippen molar-refractivity contribution in [2.24, 2.45) is 0 Å². The van der Waals surface area contributed by atoms with E-state index in [0.717, 1.165) is 17.3 Å².